The topological polar surface area (TPSA) is 34.0 Å². The molecule has 1 aliphatic rings. The van der Waals surface area contributed by atoms with Crippen molar-refractivity contribution in [1.82, 2.24) is 19.4 Å². The molecule has 0 unspecified atom stereocenters. The summed E-state index contributed by atoms with van der Waals surface area (Å²) < 4.78 is 2.39. The number of benzene rings is 1. The van der Waals surface area contributed by atoms with E-state index in [1.54, 1.807) is 11.3 Å². The molecule has 4 rings (SSSR count). The molecule has 4 nitrogen and oxygen atoms in total. The summed E-state index contributed by atoms with van der Waals surface area (Å²) in [5, 5.41) is 3.32. The predicted octanol–water partition coefficient (Wildman–Crippen LogP) is 3.17. The number of aromatic nitrogens is 3. The van der Waals surface area contributed by atoms with Crippen LogP contribution in [0.4, 0.5) is 0 Å². The number of likely N-dealkylation sites (tertiary alicyclic amines) is 1. The number of thiazole rings is 1. The maximum absolute atomic E-state index is 4.66. The second-order valence-electron chi connectivity index (χ2n) is 5.72. The Morgan fingerprint density at radius 2 is 2.00 bits per heavy atom. The van der Waals surface area contributed by atoms with Gasteiger partial charge in [-0.3, -0.25) is 4.90 Å². The monoisotopic (exact) mass is 298 g/mol. The van der Waals surface area contributed by atoms with Gasteiger partial charge in [-0.25, -0.2) is 9.97 Å². The molecule has 0 bridgehead atoms. The van der Waals surface area contributed by atoms with E-state index in [1.807, 2.05) is 0 Å². The van der Waals surface area contributed by atoms with Gasteiger partial charge in [-0.05, 0) is 26.0 Å². The van der Waals surface area contributed by atoms with Gasteiger partial charge in [0.15, 0.2) is 0 Å². The summed E-state index contributed by atoms with van der Waals surface area (Å²) in [5.41, 5.74) is 3.55. The van der Waals surface area contributed by atoms with E-state index in [2.05, 4.69) is 62.9 Å². The van der Waals surface area contributed by atoms with Crippen LogP contribution in [0.25, 0.3) is 11.0 Å². The summed E-state index contributed by atoms with van der Waals surface area (Å²) >= 11 is 1.73. The van der Waals surface area contributed by atoms with E-state index in [1.165, 1.54) is 11.2 Å². The minimum atomic E-state index is 0.539. The molecule has 1 saturated heterocycles. The van der Waals surface area contributed by atoms with Crippen LogP contribution >= 0.6 is 11.3 Å². The molecule has 2 aromatic heterocycles. The summed E-state index contributed by atoms with van der Waals surface area (Å²) in [4.78, 5) is 11.7. The molecule has 0 amide bonds. The number of aryl methyl sites for hydroxylation is 2. The molecular formula is C16H18N4S. The normalized spacial score (nSPS) is 16.5. The van der Waals surface area contributed by atoms with Crippen LogP contribution in [0.1, 0.15) is 22.6 Å². The number of para-hydroxylation sites is 2. The minimum absolute atomic E-state index is 0.539. The lowest BCUT2D eigenvalue weighted by Gasteiger charge is -2.40. The quantitative estimate of drug-likeness (QED) is 0.745. The summed E-state index contributed by atoms with van der Waals surface area (Å²) in [5.74, 6) is 1.12. The zero-order valence-corrected chi connectivity index (χ0v) is 13.1. The first-order valence-corrected chi connectivity index (χ1v) is 8.15. The van der Waals surface area contributed by atoms with Gasteiger partial charge >= 0.3 is 0 Å². The van der Waals surface area contributed by atoms with Crippen molar-refractivity contribution < 1.29 is 0 Å². The number of hydrogen-bond donors (Lipinski definition) is 0. The highest BCUT2D eigenvalue weighted by molar-refractivity contribution is 7.09. The number of rotatable bonds is 3. The third kappa shape index (κ3) is 2.26. The zero-order valence-electron chi connectivity index (χ0n) is 12.3. The van der Waals surface area contributed by atoms with Crippen molar-refractivity contribution >= 4 is 22.4 Å². The molecule has 0 N–H and O–H groups in total. The fourth-order valence-electron chi connectivity index (χ4n) is 3.17. The molecule has 0 aliphatic carbocycles. The summed E-state index contributed by atoms with van der Waals surface area (Å²) in [6, 6.07) is 8.94. The van der Waals surface area contributed by atoms with Crippen molar-refractivity contribution in [3.8, 4) is 0 Å². The molecule has 1 fully saturated rings. The zero-order chi connectivity index (χ0) is 14.4. The van der Waals surface area contributed by atoms with Crippen LogP contribution in [0.5, 0.6) is 0 Å². The Labute approximate surface area is 128 Å². The third-order valence-electron chi connectivity index (χ3n) is 4.13. The molecule has 5 heteroatoms. The SMILES string of the molecule is Cc1nc(CN2CC(n3c(C)nc4ccccc43)C2)cs1. The fourth-order valence-corrected chi connectivity index (χ4v) is 3.77. The average molecular weight is 298 g/mol. The Hall–Kier alpha value is -1.72. The van der Waals surface area contributed by atoms with Gasteiger partial charge in [-0.2, -0.15) is 0 Å². The summed E-state index contributed by atoms with van der Waals surface area (Å²) in [6.07, 6.45) is 0. The lowest BCUT2D eigenvalue weighted by Crippen LogP contribution is -2.47. The maximum Gasteiger partial charge on any atom is 0.107 e. The number of hydrogen-bond acceptors (Lipinski definition) is 4. The van der Waals surface area contributed by atoms with Crippen molar-refractivity contribution in [2.24, 2.45) is 0 Å². The van der Waals surface area contributed by atoms with Crippen LogP contribution < -0.4 is 0 Å². The van der Waals surface area contributed by atoms with Gasteiger partial charge < -0.3 is 4.57 Å². The van der Waals surface area contributed by atoms with Crippen LogP contribution in [0.3, 0.4) is 0 Å². The Morgan fingerprint density at radius 1 is 1.19 bits per heavy atom. The van der Waals surface area contributed by atoms with Crippen molar-refractivity contribution in [2.75, 3.05) is 13.1 Å². The van der Waals surface area contributed by atoms with Crippen LogP contribution in [0.15, 0.2) is 29.6 Å². The van der Waals surface area contributed by atoms with Gasteiger partial charge in [0.1, 0.15) is 5.82 Å². The highest BCUT2D eigenvalue weighted by Gasteiger charge is 2.30. The van der Waals surface area contributed by atoms with E-state index >= 15 is 0 Å². The summed E-state index contributed by atoms with van der Waals surface area (Å²) in [7, 11) is 0. The molecule has 0 atom stereocenters. The predicted molar refractivity (Wildman–Crippen MR) is 85.6 cm³/mol. The Kier molecular flexibility index (Phi) is 3.05. The lowest BCUT2D eigenvalue weighted by atomic mass is 10.1. The second-order valence-corrected chi connectivity index (χ2v) is 6.79. The van der Waals surface area contributed by atoms with Gasteiger partial charge in [-0.1, -0.05) is 12.1 Å². The van der Waals surface area contributed by atoms with Crippen LogP contribution in [-0.2, 0) is 6.54 Å². The molecule has 3 aromatic rings. The number of fused-ring (bicyclic) bond motifs is 1. The van der Waals surface area contributed by atoms with Crippen molar-refractivity contribution in [3.63, 3.8) is 0 Å². The molecule has 108 valence electrons. The Balaban J connectivity index is 1.50. The third-order valence-corrected chi connectivity index (χ3v) is 4.95. The number of nitrogens with zero attached hydrogens (tertiary/aromatic N) is 4. The van der Waals surface area contributed by atoms with E-state index in [0.29, 0.717) is 6.04 Å². The van der Waals surface area contributed by atoms with E-state index in [9.17, 15) is 0 Å². The van der Waals surface area contributed by atoms with Crippen molar-refractivity contribution in [3.05, 3.63) is 46.2 Å². The highest BCUT2D eigenvalue weighted by atomic mass is 32.1. The first-order chi connectivity index (χ1) is 10.2. The van der Waals surface area contributed by atoms with Gasteiger partial charge in [0, 0.05) is 25.0 Å². The van der Waals surface area contributed by atoms with Crippen molar-refractivity contribution in [2.45, 2.75) is 26.4 Å². The van der Waals surface area contributed by atoms with E-state index in [4.69, 9.17) is 0 Å². The maximum atomic E-state index is 4.66. The molecule has 0 saturated carbocycles. The van der Waals surface area contributed by atoms with Crippen LogP contribution in [-0.4, -0.2) is 32.5 Å². The van der Waals surface area contributed by atoms with Crippen LogP contribution in [0.2, 0.25) is 0 Å². The van der Waals surface area contributed by atoms with Crippen LogP contribution in [0, 0.1) is 13.8 Å². The molecule has 0 radical (unpaired) electrons. The molecule has 21 heavy (non-hydrogen) atoms. The number of imidazole rings is 1. The minimum Gasteiger partial charge on any atom is -0.322 e. The Bertz CT molecular complexity index is 783. The first-order valence-electron chi connectivity index (χ1n) is 7.27. The standard InChI is InChI=1S/C16H18N4S/c1-11-17-15-5-3-4-6-16(15)20(11)14-8-19(9-14)7-13-10-21-12(2)18-13/h3-6,10,14H,7-9H2,1-2H3. The molecule has 1 aliphatic heterocycles. The fraction of sp³-hybridized carbons (Fsp3) is 0.375. The van der Waals surface area contributed by atoms with Crippen molar-refractivity contribution in [1.29, 1.82) is 0 Å². The summed E-state index contributed by atoms with van der Waals surface area (Å²) in [6.45, 7) is 7.29. The largest absolute Gasteiger partial charge is 0.322 e. The molecule has 3 heterocycles. The lowest BCUT2D eigenvalue weighted by molar-refractivity contribution is 0.0988. The van der Waals surface area contributed by atoms with Gasteiger partial charge in [0.2, 0.25) is 0 Å². The smallest absolute Gasteiger partial charge is 0.107 e. The average Bonchev–Trinajstić information content (AvgIpc) is 2.97. The first kappa shape index (κ1) is 13.0. The molecular weight excluding hydrogens is 280 g/mol. The molecule has 0 spiro atoms. The van der Waals surface area contributed by atoms with E-state index in [0.717, 1.165) is 36.0 Å². The van der Waals surface area contributed by atoms with Gasteiger partial charge in [0.25, 0.3) is 0 Å². The second kappa shape index (κ2) is 4.93. The molecule has 1 aromatic carbocycles. The Morgan fingerprint density at radius 3 is 2.76 bits per heavy atom. The highest BCUT2D eigenvalue weighted by Crippen LogP contribution is 2.28. The van der Waals surface area contributed by atoms with Gasteiger partial charge in [0.05, 0.1) is 27.8 Å². The van der Waals surface area contributed by atoms with E-state index in [-0.39, 0.29) is 0 Å². The van der Waals surface area contributed by atoms with Gasteiger partial charge in [-0.15, -0.1) is 11.3 Å². The van der Waals surface area contributed by atoms with E-state index < -0.39 is 0 Å².